The molecule has 2 aliphatic rings. The van der Waals surface area contributed by atoms with E-state index >= 15 is 0 Å². The first-order chi connectivity index (χ1) is 9.16. The van der Waals surface area contributed by atoms with Crippen LogP contribution < -0.4 is 5.32 Å². The summed E-state index contributed by atoms with van der Waals surface area (Å²) in [6.07, 6.45) is 3.68. The Balaban J connectivity index is 1.91. The normalized spacial score (nSPS) is 24.4. The first-order valence-corrected chi connectivity index (χ1v) is 6.66. The van der Waals surface area contributed by atoms with E-state index in [1.165, 1.54) is 12.1 Å². The van der Waals surface area contributed by atoms with Crippen LogP contribution in [-0.2, 0) is 4.79 Å². The lowest BCUT2D eigenvalue weighted by Crippen LogP contribution is -2.38. The Morgan fingerprint density at radius 1 is 1.21 bits per heavy atom. The van der Waals surface area contributed by atoms with Crippen LogP contribution >= 0.6 is 0 Å². The molecule has 1 heterocycles. The third kappa shape index (κ3) is 2.23. The predicted octanol–water partition coefficient (Wildman–Crippen LogP) is 2.34. The highest BCUT2D eigenvalue weighted by molar-refractivity contribution is 5.81. The van der Waals surface area contributed by atoms with E-state index in [9.17, 15) is 13.6 Å². The minimum absolute atomic E-state index is 0.000579. The van der Waals surface area contributed by atoms with Crippen LogP contribution in [0.5, 0.6) is 0 Å². The van der Waals surface area contributed by atoms with Crippen molar-refractivity contribution in [2.75, 3.05) is 6.54 Å². The number of halogens is 2. The van der Waals surface area contributed by atoms with Crippen molar-refractivity contribution in [2.24, 2.45) is 0 Å². The predicted molar refractivity (Wildman–Crippen MR) is 66.2 cm³/mol. The van der Waals surface area contributed by atoms with Crippen molar-refractivity contribution in [2.45, 2.75) is 37.9 Å². The van der Waals surface area contributed by atoms with Gasteiger partial charge in [0, 0.05) is 17.7 Å². The third-order valence-corrected chi connectivity index (χ3v) is 3.99. The molecule has 3 nitrogen and oxygen atoms in total. The highest BCUT2D eigenvalue weighted by Gasteiger charge is 2.38. The Bertz CT molecular complexity index is 500. The van der Waals surface area contributed by atoms with Crippen molar-refractivity contribution in [3.05, 3.63) is 35.4 Å². The Hall–Kier alpha value is -1.49. The molecule has 1 aromatic rings. The van der Waals surface area contributed by atoms with Crippen molar-refractivity contribution < 1.29 is 13.6 Å². The van der Waals surface area contributed by atoms with Gasteiger partial charge in [-0.2, -0.15) is 0 Å². The number of rotatable bonds is 2. The smallest absolute Gasteiger partial charge is 0.238 e. The zero-order valence-corrected chi connectivity index (χ0v) is 10.5. The van der Waals surface area contributed by atoms with Crippen LogP contribution in [0.3, 0.4) is 0 Å². The number of nitrogens with zero attached hydrogens (tertiary/aromatic N) is 1. The zero-order valence-electron chi connectivity index (χ0n) is 10.5. The van der Waals surface area contributed by atoms with Gasteiger partial charge >= 0.3 is 0 Å². The topological polar surface area (TPSA) is 32.3 Å². The number of nitrogens with one attached hydrogen (secondary N) is 1. The fourth-order valence-corrected chi connectivity index (χ4v) is 3.10. The SMILES string of the molecule is O=C1CNC(c2ccc(F)cc2F)N1C1CCCC1. The van der Waals surface area contributed by atoms with Gasteiger partial charge in [0.25, 0.3) is 0 Å². The Morgan fingerprint density at radius 3 is 2.63 bits per heavy atom. The van der Waals surface area contributed by atoms with Gasteiger partial charge < -0.3 is 4.90 Å². The maximum Gasteiger partial charge on any atom is 0.238 e. The second kappa shape index (κ2) is 4.89. The van der Waals surface area contributed by atoms with Gasteiger partial charge in [0.2, 0.25) is 5.91 Å². The molecule has 5 heteroatoms. The number of benzene rings is 1. The first-order valence-electron chi connectivity index (χ1n) is 6.66. The number of amides is 1. The minimum atomic E-state index is -0.602. The lowest BCUT2D eigenvalue weighted by Gasteiger charge is -2.30. The molecule has 1 atom stereocenters. The fourth-order valence-electron chi connectivity index (χ4n) is 3.10. The van der Waals surface area contributed by atoms with E-state index in [-0.39, 0.29) is 18.5 Å². The van der Waals surface area contributed by atoms with Crippen LogP contribution in [-0.4, -0.2) is 23.4 Å². The van der Waals surface area contributed by atoms with Crippen molar-refractivity contribution in [3.8, 4) is 0 Å². The van der Waals surface area contributed by atoms with Crippen LogP contribution in [0.4, 0.5) is 8.78 Å². The molecular weight excluding hydrogens is 250 g/mol. The first kappa shape index (κ1) is 12.5. The van der Waals surface area contributed by atoms with Gasteiger partial charge in [-0.15, -0.1) is 0 Å². The molecule has 1 saturated carbocycles. The van der Waals surface area contributed by atoms with E-state index in [0.717, 1.165) is 31.7 Å². The fraction of sp³-hybridized carbons (Fsp3) is 0.500. The molecule has 2 fully saturated rings. The molecule has 3 rings (SSSR count). The summed E-state index contributed by atoms with van der Waals surface area (Å²) in [5, 5.41) is 3.02. The van der Waals surface area contributed by atoms with Crippen LogP contribution in [0.25, 0.3) is 0 Å². The number of carbonyl (C=O) groups excluding carboxylic acids is 1. The summed E-state index contributed by atoms with van der Waals surface area (Å²) in [4.78, 5) is 13.7. The summed E-state index contributed by atoms with van der Waals surface area (Å²) in [6.45, 7) is 0.220. The van der Waals surface area contributed by atoms with E-state index < -0.39 is 17.8 Å². The van der Waals surface area contributed by atoms with Gasteiger partial charge in [0.05, 0.1) is 6.54 Å². The molecule has 102 valence electrons. The number of hydrogen-bond acceptors (Lipinski definition) is 2. The standard InChI is InChI=1S/C14H16F2N2O/c15-9-5-6-11(12(16)7-9)14-17-8-13(19)18(14)10-3-1-2-4-10/h5-7,10,14,17H,1-4,8H2. The Kier molecular flexibility index (Phi) is 3.22. The molecule has 1 aliphatic heterocycles. The van der Waals surface area contributed by atoms with Gasteiger partial charge in [-0.1, -0.05) is 12.8 Å². The average Bonchev–Trinajstić information content (AvgIpc) is 2.98. The zero-order chi connectivity index (χ0) is 13.4. The number of carbonyl (C=O) groups is 1. The van der Waals surface area contributed by atoms with Gasteiger partial charge in [0.1, 0.15) is 17.8 Å². The molecule has 1 aliphatic carbocycles. The van der Waals surface area contributed by atoms with Gasteiger partial charge in [-0.05, 0) is 25.0 Å². The molecule has 0 spiro atoms. The second-order valence-corrected chi connectivity index (χ2v) is 5.19. The van der Waals surface area contributed by atoms with Crippen LogP contribution in [0.15, 0.2) is 18.2 Å². The molecule has 1 saturated heterocycles. The van der Waals surface area contributed by atoms with Crippen molar-refractivity contribution in [1.82, 2.24) is 10.2 Å². The van der Waals surface area contributed by atoms with E-state index in [2.05, 4.69) is 5.32 Å². The molecule has 0 radical (unpaired) electrons. The molecule has 1 unspecified atom stereocenters. The third-order valence-electron chi connectivity index (χ3n) is 3.99. The van der Waals surface area contributed by atoms with Gasteiger partial charge in [-0.3, -0.25) is 10.1 Å². The lowest BCUT2D eigenvalue weighted by molar-refractivity contribution is -0.130. The molecule has 1 aromatic carbocycles. The largest absolute Gasteiger partial charge is 0.319 e. The van der Waals surface area contributed by atoms with Crippen LogP contribution in [0.1, 0.15) is 37.4 Å². The molecular formula is C14H16F2N2O. The average molecular weight is 266 g/mol. The van der Waals surface area contributed by atoms with E-state index in [4.69, 9.17) is 0 Å². The molecule has 0 aromatic heterocycles. The summed E-state index contributed by atoms with van der Waals surface area (Å²) in [5.41, 5.74) is 0.346. The Labute approximate surface area is 110 Å². The summed E-state index contributed by atoms with van der Waals surface area (Å²) in [5.74, 6) is -1.20. The lowest BCUT2D eigenvalue weighted by atomic mass is 10.1. The highest BCUT2D eigenvalue weighted by Crippen LogP contribution is 2.33. The summed E-state index contributed by atoms with van der Waals surface area (Å²) in [7, 11) is 0. The van der Waals surface area contributed by atoms with Gasteiger partial charge in [0.15, 0.2) is 0 Å². The monoisotopic (exact) mass is 266 g/mol. The van der Waals surface area contributed by atoms with Crippen LogP contribution in [0, 0.1) is 11.6 Å². The highest BCUT2D eigenvalue weighted by atomic mass is 19.1. The maximum atomic E-state index is 13.9. The van der Waals surface area contributed by atoms with Crippen LogP contribution in [0.2, 0.25) is 0 Å². The van der Waals surface area contributed by atoms with E-state index in [1.807, 2.05) is 0 Å². The number of hydrogen-bond donors (Lipinski definition) is 1. The van der Waals surface area contributed by atoms with Crippen molar-refractivity contribution in [3.63, 3.8) is 0 Å². The Morgan fingerprint density at radius 2 is 1.95 bits per heavy atom. The van der Waals surface area contributed by atoms with E-state index in [0.29, 0.717) is 5.56 Å². The summed E-state index contributed by atoms with van der Waals surface area (Å²) in [6, 6.07) is 3.70. The molecule has 19 heavy (non-hydrogen) atoms. The maximum absolute atomic E-state index is 13.9. The molecule has 1 amide bonds. The second-order valence-electron chi connectivity index (χ2n) is 5.19. The van der Waals surface area contributed by atoms with Gasteiger partial charge in [-0.25, -0.2) is 8.78 Å². The van der Waals surface area contributed by atoms with Crippen molar-refractivity contribution in [1.29, 1.82) is 0 Å². The summed E-state index contributed by atoms with van der Waals surface area (Å²) >= 11 is 0. The summed E-state index contributed by atoms with van der Waals surface area (Å²) < 4.78 is 26.8. The quantitative estimate of drug-likeness (QED) is 0.891. The minimum Gasteiger partial charge on any atom is -0.319 e. The van der Waals surface area contributed by atoms with E-state index in [1.54, 1.807) is 4.90 Å². The molecule has 0 bridgehead atoms. The van der Waals surface area contributed by atoms with Crippen molar-refractivity contribution >= 4 is 5.91 Å². The molecule has 1 N–H and O–H groups in total.